The predicted octanol–water partition coefficient (Wildman–Crippen LogP) is 4.78. The van der Waals surface area contributed by atoms with Gasteiger partial charge in [-0.25, -0.2) is 4.79 Å². The summed E-state index contributed by atoms with van der Waals surface area (Å²) in [4.78, 5) is 51.3. The molecule has 2 amide bonds. The van der Waals surface area contributed by atoms with Crippen LogP contribution in [0, 0.1) is 0 Å². The lowest BCUT2D eigenvalue weighted by Gasteiger charge is -2.50. The number of β-lactam (4-membered cyclic amide) rings is 1. The number of nitrogens with one attached hydrogen (secondary N) is 1. The molecule has 2 aromatic heterocycles. The van der Waals surface area contributed by atoms with Crippen LogP contribution >= 0.6 is 23.1 Å². The summed E-state index contributed by atoms with van der Waals surface area (Å²) in [6.07, 6.45) is 4.15. The third-order valence-corrected chi connectivity index (χ3v) is 9.22. The van der Waals surface area contributed by atoms with Crippen molar-refractivity contribution in [1.82, 2.24) is 20.2 Å². The maximum absolute atomic E-state index is 14.1. The number of nitrogens with zero attached hydrogens (tertiary/aromatic N) is 3. The summed E-state index contributed by atoms with van der Waals surface area (Å²) in [6, 6.07) is 21.9. The molecule has 10 heteroatoms. The SMILES string of the molecule is C=C(C1=C(C(=O)OC(c2ccccc2)c2ccccc2)N2C(=O)[C@@H](NC(=O)Cc3cccs3)[C@@H]2SC1)c1cnccn1. The molecule has 8 nitrogen and oxygen atoms in total. The molecule has 2 aliphatic heterocycles. The van der Waals surface area contributed by atoms with Crippen LogP contribution in [0.15, 0.2) is 115 Å². The highest BCUT2D eigenvalue weighted by Crippen LogP contribution is 2.44. The Morgan fingerprint density at radius 3 is 2.36 bits per heavy atom. The maximum atomic E-state index is 14.1. The normalized spacial score (nSPS) is 17.8. The fourth-order valence-corrected chi connectivity index (χ4v) is 7.08. The molecule has 2 aliphatic rings. The van der Waals surface area contributed by atoms with Gasteiger partial charge in [0.1, 0.15) is 17.1 Å². The Morgan fingerprint density at radius 1 is 1.02 bits per heavy atom. The first-order chi connectivity index (χ1) is 20.5. The van der Waals surface area contributed by atoms with Gasteiger partial charge in [0.15, 0.2) is 6.10 Å². The molecule has 1 saturated heterocycles. The Hall–Kier alpha value is -4.54. The molecule has 1 fully saturated rings. The van der Waals surface area contributed by atoms with Crippen LogP contribution in [0.2, 0.25) is 0 Å². The van der Waals surface area contributed by atoms with E-state index in [9.17, 15) is 14.4 Å². The molecule has 1 N–H and O–H groups in total. The zero-order valence-electron chi connectivity index (χ0n) is 22.4. The van der Waals surface area contributed by atoms with E-state index >= 15 is 0 Å². The summed E-state index contributed by atoms with van der Waals surface area (Å²) in [7, 11) is 0. The lowest BCUT2D eigenvalue weighted by atomic mass is 9.97. The first-order valence-electron chi connectivity index (χ1n) is 13.3. The van der Waals surface area contributed by atoms with Gasteiger partial charge < -0.3 is 10.1 Å². The maximum Gasteiger partial charge on any atom is 0.356 e. The smallest absolute Gasteiger partial charge is 0.356 e. The van der Waals surface area contributed by atoms with Gasteiger partial charge in [-0.05, 0) is 22.6 Å². The molecule has 6 rings (SSSR count). The molecule has 0 saturated carbocycles. The van der Waals surface area contributed by atoms with Crippen molar-refractivity contribution in [2.45, 2.75) is 23.9 Å². The summed E-state index contributed by atoms with van der Waals surface area (Å²) in [5.74, 6) is -0.909. The van der Waals surface area contributed by atoms with Crippen LogP contribution in [0.25, 0.3) is 5.57 Å². The van der Waals surface area contributed by atoms with E-state index in [-0.39, 0.29) is 23.9 Å². The molecule has 0 radical (unpaired) electrons. The number of fused-ring (bicyclic) bond motifs is 1. The standard InChI is InChI=1S/C32H26N4O4S2/c1-20(25-18-33-14-15-34-25)24-19-42-31-27(35-26(37)17-23-13-8-16-41-23)30(38)36(31)28(24)32(39)40-29(21-9-4-2-5-10-21)22-11-6-3-7-12-22/h2-16,18,27,29,31H,1,17,19H2,(H,35,37)/t27-,31+/m1/s1. The number of allylic oxidation sites excluding steroid dienone is 1. The van der Waals surface area contributed by atoms with E-state index in [1.807, 2.05) is 78.2 Å². The van der Waals surface area contributed by atoms with Crippen LogP contribution in [0.3, 0.4) is 0 Å². The summed E-state index contributed by atoms with van der Waals surface area (Å²) in [6.45, 7) is 4.21. The molecule has 42 heavy (non-hydrogen) atoms. The monoisotopic (exact) mass is 594 g/mol. The van der Waals surface area contributed by atoms with Gasteiger partial charge in [0, 0.05) is 34.2 Å². The van der Waals surface area contributed by atoms with Gasteiger partial charge in [-0.1, -0.05) is 73.3 Å². The average Bonchev–Trinajstić information content (AvgIpc) is 3.55. The highest BCUT2D eigenvalue weighted by atomic mass is 32.2. The van der Waals surface area contributed by atoms with Crippen molar-refractivity contribution in [2.24, 2.45) is 0 Å². The van der Waals surface area contributed by atoms with Crippen LogP contribution < -0.4 is 5.32 Å². The zero-order chi connectivity index (χ0) is 29.1. The Bertz CT molecular complexity index is 1600. The lowest BCUT2D eigenvalue weighted by molar-refractivity contribution is -0.154. The van der Waals surface area contributed by atoms with E-state index in [0.29, 0.717) is 22.6 Å². The van der Waals surface area contributed by atoms with E-state index in [0.717, 1.165) is 16.0 Å². The lowest BCUT2D eigenvalue weighted by Crippen LogP contribution is -2.70. The summed E-state index contributed by atoms with van der Waals surface area (Å²) in [5.41, 5.74) is 3.21. The van der Waals surface area contributed by atoms with E-state index in [2.05, 4.69) is 21.9 Å². The molecule has 0 bridgehead atoms. The van der Waals surface area contributed by atoms with E-state index < -0.39 is 23.5 Å². The zero-order valence-corrected chi connectivity index (χ0v) is 24.0. The van der Waals surface area contributed by atoms with Gasteiger partial charge >= 0.3 is 5.97 Å². The molecular formula is C32H26N4O4S2. The molecule has 0 unspecified atom stereocenters. The molecule has 4 heterocycles. The summed E-state index contributed by atoms with van der Waals surface area (Å²) in [5, 5.41) is 4.31. The van der Waals surface area contributed by atoms with E-state index in [1.54, 1.807) is 18.6 Å². The van der Waals surface area contributed by atoms with Crippen molar-refractivity contribution in [1.29, 1.82) is 0 Å². The van der Waals surface area contributed by atoms with Crippen molar-refractivity contribution in [2.75, 3.05) is 5.75 Å². The number of amides is 2. The Balaban J connectivity index is 1.32. The van der Waals surface area contributed by atoms with Gasteiger partial charge in [-0.15, -0.1) is 23.1 Å². The van der Waals surface area contributed by atoms with Gasteiger partial charge in [0.25, 0.3) is 5.91 Å². The molecule has 210 valence electrons. The van der Waals surface area contributed by atoms with Crippen molar-refractivity contribution >= 4 is 46.5 Å². The van der Waals surface area contributed by atoms with Crippen LogP contribution in [0.4, 0.5) is 0 Å². The number of benzene rings is 2. The minimum Gasteiger partial charge on any atom is -0.448 e. The minimum absolute atomic E-state index is 0.111. The number of aromatic nitrogens is 2. The van der Waals surface area contributed by atoms with E-state index in [4.69, 9.17) is 4.74 Å². The second-order valence-electron chi connectivity index (χ2n) is 9.71. The molecule has 4 aromatic rings. The Labute approximate surface area is 251 Å². The van der Waals surface area contributed by atoms with Crippen LogP contribution in [-0.2, 0) is 25.5 Å². The number of carbonyl (C=O) groups is 3. The summed E-state index contributed by atoms with van der Waals surface area (Å²) < 4.78 is 6.20. The number of carbonyl (C=O) groups excluding carboxylic acids is 3. The molecule has 2 aromatic carbocycles. The second kappa shape index (κ2) is 12.1. The predicted molar refractivity (Wildman–Crippen MR) is 162 cm³/mol. The fraction of sp³-hybridized carbons (Fsp3) is 0.156. The Morgan fingerprint density at radius 2 is 1.74 bits per heavy atom. The highest BCUT2D eigenvalue weighted by molar-refractivity contribution is 8.00. The minimum atomic E-state index is -0.754. The largest absolute Gasteiger partial charge is 0.448 e. The number of ether oxygens (including phenoxy) is 1. The second-order valence-corrected chi connectivity index (χ2v) is 11.9. The molecule has 0 aliphatic carbocycles. The van der Waals surface area contributed by atoms with Crippen molar-refractivity contribution < 1.29 is 19.1 Å². The number of hydrogen-bond acceptors (Lipinski definition) is 8. The number of thioether (sulfide) groups is 1. The quantitative estimate of drug-likeness (QED) is 0.220. The fourth-order valence-electron chi connectivity index (χ4n) is 4.99. The highest BCUT2D eigenvalue weighted by Gasteiger charge is 2.55. The van der Waals surface area contributed by atoms with Crippen molar-refractivity contribution in [3.63, 3.8) is 0 Å². The van der Waals surface area contributed by atoms with Crippen LogP contribution in [-0.4, -0.2) is 49.8 Å². The van der Waals surface area contributed by atoms with Gasteiger partial charge in [0.05, 0.1) is 18.3 Å². The number of rotatable bonds is 9. The van der Waals surface area contributed by atoms with Crippen molar-refractivity contribution in [3.8, 4) is 0 Å². The molecule has 0 spiro atoms. The molecular weight excluding hydrogens is 569 g/mol. The van der Waals surface area contributed by atoms with Gasteiger partial charge in [-0.3, -0.25) is 24.5 Å². The summed E-state index contributed by atoms with van der Waals surface area (Å²) >= 11 is 2.94. The Kier molecular flexibility index (Phi) is 7.98. The topological polar surface area (TPSA) is 101 Å². The van der Waals surface area contributed by atoms with Crippen LogP contribution in [0.1, 0.15) is 27.8 Å². The first kappa shape index (κ1) is 27.6. The first-order valence-corrected chi connectivity index (χ1v) is 15.2. The number of thiophene rings is 1. The number of esters is 1. The molecule has 2 atom stereocenters. The third-order valence-electron chi connectivity index (χ3n) is 7.06. The number of hydrogen-bond donors (Lipinski definition) is 1. The third kappa shape index (κ3) is 5.50. The van der Waals surface area contributed by atoms with Crippen molar-refractivity contribution in [3.05, 3.63) is 136 Å². The van der Waals surface area contributed by atoms with Crippen LogP contribution in [0.5, 0.6) is 0 Å². The van der Waals surface area contributed by atoms with Gasteiger partial charge in [0.2, 0.25) is 5.91 Å². The average molecular weight is 595 g/mol. The van der Waals surface area contributed by atoms with E-state index in [1.165, 1.54) is 28.0 Å². The van der Waals surface area contributed by atoms with Gasteiger partial charge in [-0.2, -0.15) is 0 Å².